The van der Waals surface area contributed by atoms with Gasteiger partial charge in [-0.2, -0.15) is 0 Å². The van der Waals surface area contributed by atoms with Gasteiger partial charge in [-0.3, -0.25) is 0 Å². The average Bonchev–Trinajstić information content (AvgIpc) is 2.14. The number of rotatable bonds is 1. The van der Waals surface area contributed by atoms with Gasteiger partial charge in [0.2, 0.25) is 0 Å². The lowest BCUT2D eigenvalue weighted by molar-refractivity contribution is 0.531. The first kappa shape index (κ1) is 5.42. The molecule has 0 saturated carbocycles. The van der Waals surface area contributed by atoms with Gasteiger partial charge in [0.15, 0.2) is 0 Å². The summed E-state index contributed by atoms with van der Waals surface area (Å²) >= 11 is 0. The van der Waals surface area contributed by atoms with Crippen molar-refractivity contribution in [3.63, 3.8) is 0 Å². The molecule has 0 saturated heterocycles. The lowest BCUT2D eigenvalue weighted by Gasteiger charge is -1.76. The second kappa shape index (κ2) is 2.03. The largest absolute Gasteiger partial charge is 0.469 e. The van der Waals surface area contributed by atoms with Crippen molar-refractivity contribution < 1.29 is 4.42 Å². The van der Waals surface area contributed by atoms with Gasteiger partial charge < -0.3 is 4.42 Å². The van der Waals surface area contributed by atoms with E-state index in [0.29, 0.717) is 0 Å². The number of aryl methyl sites for hydroxylation is 2. The summed E-state index contributed by atoms with van der Waals surface area (Å²) in [6.07, 6.45) is 2.76. The van der Waals surface area contributed by atoms with Crippen LogP contribution in [0.2, 0.25) is 0 Å². The van der Waals surface area contributed by atoms with E-state index in [0.717, 1.165) is 17.7 Å². The summed E-state index contributed by atoms with van der Waals surface area (Å²) in [4.78, 5) is 0. The second-order valence-corrected chi connectivity index (χ2v) is 1.80. The Balaban J connectivity index is 2.84. The minimum absolute atomic E-state index is 0.877. The number of hydrogen-bond donors (Lipinski definition) is 0. The molecule has 0 aromatic carbocycles. The van der Waals surface area contributed by atoms with Crippen molar-refractivity contribution in [3.05, 3.63) is 23.7 Å². The van der Waals surface area contributed by atoms with Crippen LogP contribution in [0.15, 0.2) is 10.7 Å². The summed E-state index contributed by atoms with van der Waals surface area (Å²) in [6, 6.07) is 3.06. The van der Waals surface area contributed by atoms with E-state index >= 15 is 0 Å². The van der Waals surface area contributed by atoms with Crippen LogP contribution in [0.5, 0.6) is 0 Å². The summed E-state index contributed by atoms with van der Waals surface area (Å²) in [6.45, 7) is 3.99. The molecule has 1 aromatic heterocycles. The van der Waals surface area contributed by atoms with E-state index in [9.17, 15) is 0 Å². The molecule has 0 amide bonds. The molecule has 1 heteroatoms. The molecule has 8 heavy (non-hydrogen) atoms. The van der Waals surface area contributed by atoms with Crippen molar-refractivity contribution in [1.82, 2.24) is 0 Å². The molecule has 0 unspecified atom stereocenters. The van der Waals surface area contributed by atoms with Gasteiger partial charge in [-0.15, -0.1) is 0 Å². The third-order valence-corrected chi connectivity index (χ3v) is 1.10. The van der Waals surface area contributed by atoms with Crippen LogP contribution in [-0.2, 0) is 6.42 Å². The van der Waals surface area contributed by atoms with Gasteiger partial charge in [-0.05, 0) is 18.9 Å². The standard InChI is InChI=1S/C7H9O/c1-3-7-4-6(2)8-5-7/h5H,3H2,1-2H3. The molecule has 0 aliphatic rings. The minimum atomic E-state index is 0.877. The zero-order valence-electron chi connectivity index (χ0n) is 5.19. The van der Waals surface area contributed by atoms with E-state index in [1.54, 1.807) is 6.26 Å². The molecule has 1 heterocycles. The molecule has 0 fully saturated rings. The van der Waals surface area contributed by atoms with Crippen LogP contribution in [-0.4, -0.2) is 0 Å². The van der Waals surface area contributed by atoms with Crippen LogP contribution in [0.1, 0.15) is 18.2 Å². The lowest BCUT2D eigenvalue weighted by Crippen LogP contribution is -1.68. The second-order valence-electron chi connectivity index (χ2n) is 1.80. The number of hydrogen-bond acceptors (Lipinski definition) is 1. The summed E-state index contributed by atoms with van der Waals surface area (Å²) in [7, 11) is 0. The van der Waals surface area contributed by atoms with Crippen LogP contribution in [0, 0.1) is 13.0 Å². The Hall–Kier alpha value is -0.720. The van der Waals surface area contributed by atoms with E-state index in [4.69, 9.17) is 4.42 Å². The normalized spacial score (nSPS) is 9.75. The third-order valence-electron chi connectivity index (χ3n) is 1.10. The fourth-order valence-electron chi connectivity index (χ4n) is 0.616. The minimum Gasteiger partial charge on any atom is -0.469 e. The molecule has 1 rings (SSSR count). The molecule has 43 valence electrons. The maximum absolute atomic E-state index is 5.00. The molecule has 0 N–H and O–H groups in total. The van der Waals surface area contributed by atoms with Gasteiger partial charge in [0.25, 0.3) is 0 Å². The monoisotopic (exact) mass is 109 g/mol. The summed E-state index contributed by atoms with van der Waals surface area (Å²) in [5.74, 6) is 0.877. The summed E-state index contributed by atoms with van der Waals surface area (Å²) in [5.41, 5.74) is 1.16. The lowest BCUT2D eigenvalue weighted by atomic mass is 10.2. The highest BCUT2D eigenvalue weighted by Crippen LogP contribution is 2.04. The van der Waals surface area contributed by atoms with Crippen molar-refractivity contribution in [1.29, 1.82) is 0 Å². The maximum Gasteiger partial charge on any atom is 0.108 e. The Bertz CT molecular complexity index is 165. The zero-order valence-corrected chi connectivity index (χ0v) is 5.19. The van der Waals surface area contributed by atoms with Gasteiger partial charge in [-0.25, -0.2) is 0 Å². The quantitative estimate of drug-likeness (QED) is 0.537. The van der Waals surface area contributed by atoms with E-state index in [2.05, 4.69) is 13.0 Å². The van der Waals surface area contributed by atoms with Gasteiger partial charge in [-0.1, -0.05) is 6.92 Å². The highest BCUT2D eigenvalue weighted by atomic mass is 16.3. The third kappa shape index (κ3) is 0.915. The Morgan fingerprint density at radius 1 is 1.75 bits per heavy atom. The first-order valence-electron chi connectivity index (χ1n) is 2.79. The van der Waals surface area contributed by atoms with Crippen LogP contribution in [0.4, 0.5) is 0 Å². The molecule has 0 atom stereocenters. The fraction of sp³-hybridized carbons (Fsp3) is 0.429. The predicted octanol–water partition coefficient (Wildman–Crippen LogP) is 1.95. The average molecular weight is 109 g/mol. The van der Waals surface area contributed by atoms with Gasteiger partial charge in [0, 0.05) is 6.07 Å². The fourth-order valence-corrected chi connectivity index (χ4v) is 0.616. The van der Waals surface area contributed by atoms with E-state index in [1.165, 1.54) is 0 Å². The van der Waals surface area contributed by atoms with Crippen molar-refractivity contribution in [2.45, 2.75) is 20.3 Å². The van der Waals surface area contributed by atoms with Crippen LogP contribution in [0.25, 0.3) is 0 Å². The van der Waals surface area contributed by atoms with Crippen LogP contribution >= 0.6 is 0 Å². The molecule has 1 aromatic rings. The van der Waals surface area contributed by atoms with E-state index in [-0.39, 0.29) is 0 Å². The molecule has 0 aliphatic carbocycles. The smallest absolute Gasteiger partial charge is 0.108 e. The molecule has 0 aliphatic heterocycles. The van der Waals surface area contributed by atoms with Gasteiger partial charge in [0.1, 0.15) is 5.76 Å². The molecule has 1 nitrogen and oxygen atoms in total. The van der Waals surface area contributed by atoms with Crippen LogP contribution < -0.4 is 0 Å². The van der Waals surface area contributed by atoms with Gasteiger partial charge >= 0.3 is 0 Å². The first-order valence-corrected chi connectivity index (χ1v) is 2.79. The number of furan rings is 1. The Kier molecular flexibility index (Phi) is 1.38. The molecule has 1 radical (unpaired) electrons. The highest BCUT2D eigenvalue weighted by Gasteiger charge is 1.92. The van der Waals surface area contributed by atoms with Crippen molar-refractivity contribution in [3.8, 4) is 0 Å². The first-order chi connectivity index (χ1) is 3.83. The van der Waals surface area contributed by atoms with E-state index in [1.807, 2.05) is 6.92 Å². The Morgan fingerprint density at radius 2 is 2.50 bits per heavy atom. The molecule has 0 bridgehead atoms. The van der Waals surface area contributed by atoms with Crippen molar-refractivity contribution >= 4 is 0 Å². The maximum atomic E-state index is 5.00. The van der Waals surface area contributed by atoms with Crippen LogP contribution in [0.3, 0.4) is 0 Å². The zero-order chi connectivity index (χ0) is 5.98. The van der Waals surface area contributed by atoms with Gasteiger partial charge in [0.05, 0.1) is 6.26 Å². The van der Waals surface area contributed by atoms with Crippen molar-refractivity contribution in [2.24, 2.45) is 0 Å². The highest BCUT2D eigenvalue weighted by molar-refractivity contribution is 5.08. The molecular formula is C7H9O. The molecule has 0 spiro atoms. The molecular weight excluding hydrogens is 100 g/mol. The van der Waals surface area contributed by atoms with E-state index < -0.39 is 0 Å². The SMILES string of the molecule is CCc1[c]c(C)oc1. The predicted molar refractivity (Wildman–Crippen MR) is 31.7 cm³/mol. The Labute approximate surface area is 49.3 Å². The Morgan fingerprint density at radius 3 is 2.75 bits per heavy atom. The topological polar surface area (TPSA) is 13.1 Å². The summed E-state index contributed by atoms with van der Waals surface area (Å²) < 4.78 is 5.00. The van der Waals surface area contributed by atoms with Crippen molar-refractivity contribution in [2.75, 3.05) is 0 Å². The summed E-state index contributed by atoms with van der Waals surface area (Å²) in [5, 5.41) is 0.